The lowest BCUT2D eigenvalue weighted by molar-refractivity contribution is -0.122. The van der Waals surface area contributed by atoms with Crippen molar-refractivity contribution in [3.63, 3.8) is 0 Å². The molecule has 4 heteroatoms. The van der Waals surface area contributed by atoms with Gasteiger partial charge in [0.05, 0.1) is 12.1 Å². The molecule has 138 valence electrons. The Morgan fingerprint density at radius 2 is 1.96 bits per heavy atom. The van der Waals surface area contributed by atoms with E-state index in [0.29, 0.717) is 30.0 Å². The van der Waals surface area contributed by atoms with Gasteiger partial charge in [0.1, 0.15) is 0 Å². The van der Waals surface area contributed by atoms with Crippen LogP contribution in [0.4, 0.5) is 0 Å². The number of allylic oxidation sites excluding steroid dienone is 1. The minimum absolute atomic E-state index is 0.00564. The maximum Gasteiger partial charge on any atom is 0.217 e. The van der Waals surface area contributed by atoms with E-state index in [-0.39, 0.29) is 22.8 Å². The maximum atomic E-state index is 11.9. The van der Waals surface area contributed by atoms with Crippen LogP contribution in [0.5, 0.6) is 0 Å². The molecule has 0 heterocycles. The summed E-state index contributed by atoms with van der Waals surface area (Å²) in [6.07, 6.45) is 8.32. The number of ketones is 1. The Morgan fingerprint density at radius 1 is 1.20 bits per heavy atom. The topological polar surface area (TPSA) is 66.4 Å². The van der Waals surface area contributed by atoms with E-state index in [2.05, 4.69) is 19.2 Å². The first-order chi connectivity index (χ1) is 11.8. The number of hydrogen-bond donors (Lipinski definition) is 2. The molecule has 4 aliphatic carbocycles. The predicted octanol–water partition coefficient (Wildman–Crippen LogP) is 2.99. The number of aliphatic hydroxyl groups excluding tert-OH is 1. The number of amides is 1. The van der Waals surface area contributed by atoms with Crippen molar-refractivity contribution in [2.45, 2.75) is 77.9 Å². The summed E-state index contributed by atoms with van der Waals surface area (Å²) in [5.74, 6) is 1.94. The summed E-state index contributed by atoms with van der Waals surface area (Å²) in [7, 11) is 0. The van der Waals surface area contributed by atoms with Crippen LogP contribution in [0.25, 0.3) is 0 Å². The van der Waals surface area contributed by atoms with E-state index in [4.69, 9.17) is 0 Å². The van der Waals surface area contributed by atoms with Crippen LogP contribution in [0, 0.1) is 28.6 Å². The summed E-state index contributed by atoms with van der Waals surface area (Å²) < 4.78 is 0. The van der Waals surface area contributed by atoms with Crippen molar-refractivity contribution in [3.8, 4) is 0 Å². The average Bonchev–Trinajstić information content (AvgIpc) is 2.79. The van der Waals surface area contributed by atoms with Crippen LogP contribution in [-0.4, -0.2) is 28.9 Å². The zero-order valence-corrected chi connectivity index (χ0v) is 15.7. The largest absolute Gasteiger partial charge is 0.391 e. The minimum Gasteiger partial charge on any atom is -0.391 e. The zero-order valence-electron chi connectivity index (χ0n) is 15.7. The molecule has 0 aromatic rings. The van der Waals surface area contributed by atoms with Gasteiger partial charge in [0.15, 0.2) is 5.78 Å². The number of carbonyl (C=O) groups is 2. The van der Waals surface area contributed by atoms with Crippen molar-refractivity contribution in [3.05, 3.63) is 11.6 Å². The Balaban J connectivity index is 1.65. The SMILES string of the molecule is CC(=O)N[C@@H]1[C@@H](O)C[C@H]2[C@H]3CCC4=CC(=O)CC[C@@]4(C)[C@@H]3CC[C@]12C. The van der Waals surface area contributed by atoms with E-state index >= 15 is 0 Å². The minimum atomic E-state index is -0.435. The number of fused-ring (bicyclic) bond motifs is 5. The van der Waals surface area contributed by atoms with E-state index in [9.17, 15) is 14.7 Å². The molecule has 0 aliphatic heterocycles. The van der Waals surface area contributed by atoms with Crippen molar-refractivity contribution in [2.75, 3.05) is 0 Å². The van der Waals surface area contributed by atoms with E-state index in [1.807, 2.05) is 6.08 Å². The van der Waals surface area contributed by atoms with Gasteiger partial charge in [0.25, 0.3) is 0 Å². The van der Waals surface area contributed by atoms with Crippen LogP contribution in [-0.2, 0) is 9.59 Å². The highest BCUT2D eigenvalue weighted by Crippen LogP contribution is 2.65. The summed E-state index contributed by atoms with van der Waals surface area (Å²) in [6.45, 7) is 6.21. The van der Waals surface area contributed by atoms with Gasteiger partial charge >= 0.3 is 0 Å². The highest BCUT2D eigenvalue weighted by molar-refractivity contribution is 5.91. The van der Waals surface area contributed by atoms with Gasteiger partial charge in [-0.3, -0.25) is 9.59 Å². The first kappa shape index (κ1) is 17.3. The summed E-state index contributed by atoms with van der Waals surface area (Å²) in [5, 5.41) is 13.7. The molecule has 0 spiro atoms. The number of rotatable bonds is 1. The van der Waals surface area contributed by atoms with Crippen molar-refractivity contribution >= 4 is 11.7 Å². The lowest BCUT2D eigenvalue weighted by Gasteiger charge is -2.58. The molecule has 4 nitrogen and oxygen atoms in total. The third-order valence-corrected chi connectivity index (χ3v) is 8.35. The van der Waals surface area contributed by atoms with E-state index in [1.54, 1.807) is 6.92 Å². The molecule has 0 saturated heterocycles. The van der Waals surface area contributed by atoms with Crippen molar-refractivity contribution in [2.24, 2.45) is 28.6 Å². The molecule has 7 atom stereocenters. The van der Waals surface area contributed by atoms with Crippen LogP contribution >= 0.6 is 0 Å². The molecule has 0 aromatic carbocycles. The second-order valence-electron chi connectivity index (χ2n) is 9.49. The quantitative estimate of drug-likeness (QED) is 0.768. The Labute approximate surface area is 150 Å². The van der Waals surface area contributed by atoms with Crippen LogP contribution in [0.2, 0.25) is 0 Å². The molecular weight excluding hydrogens is 314 g/mol. The van der Waals surface area contributed by atoms with Crippen molar-refractivity contribution < 1.29 is 14.7 Å². The number of carbonyl (C=O) groups excluding carboxylic acids is 2. The van der Waals surface area contributed by atoms with Crippen LogP contribution in [0.3, 0.4) is 0 Å². The third kappa shape index (κ3) is 2.43. The molecule has 25 heavy (non-hydrogen) atoms. The summed E-state index contributed by atoms with van der Waals surface area (Å²) in [4.78, 5) is 23.5. The zero-order chi connectivity index (χ0) is 18.0. The van der Waals surface area contributed by atoms with E-state index in [0.717, 1.165) is 38.5 Å². The number of hydrogen-bond acceptors (Lipinski definition) is 3. The fraction of sp³-hybridized carbons (Fsp3) is 0.810. The normalized spacial score (nSPS) is 48.9. The molecule has 1 amide bonds. The van der Waals surface area contributed by atoms with Crippen LogP contribution in [0.1, 0.15) is 65.7 Å². The molecule has 4 rings (SSSR count). The second kappa shape index (κ2) is 5.67. The fourth-order valence-electron chi connectivity index (χ4n) is 7.05. The smallest absolute Gasteiger partial charge is 0.217 e. The highest BCUT2D eigenvalue weighted by Gasteiger charge is 2.61. The molecule has 0 radical (unpaired) electrons. The summed E-state index contributed by atoms with van der Waals surface area (Å²) in [6, 6.07) is -0.117. The molecule has 4 aliphatic rings. The first-order valence-electron chi connectivity index (χ1n) is 9.95. The Morgan fingerprint density at radius 3 is 2.68 bits per heavy atom. The first-order valence-corrected chi connectivity index (χ1v) is 9.95. The summed E-state index contributed by atoms with van der Waals surface area (Å²) in [5.41, 5.74) is 1.54. The Kier molecular flexibility index (Phi) is 3.91. The average molecular weight is 345 g/mol. The summed E-state index contributed by atoms with van der Waals surface area (Å²) >= 11 is 0. The molecule has 0 aromatic heterocycles. The van der Waals surface area contributed by atoms with Crippen molar-refractivity contribution in [1.29, 1.82) is 0 Å². The van der Waals surface area contributed by atoms with Gasteiger partial charge in [-0.05, 0) is 73.2 Å². The standard InChI is InChI=1S/C21H31NO3/c1-12(23)22-19-18(25)11-17-15-5-4-13-10-14(24)6-8-20(13,2)16(15)7-9-21(17,19)3/h10,15-19,25H,4-9,11H2,1-3H3,(H,22,23)/t15-,16+,17-,18-,19+,20+,21-/m0/s1. The van der Waals surface area contributed by atoms with Crippen LogP contribution < -0.4 is 5.32 Å². The van der Waals surface area contributed by atoms with Gasteiger partial charge < -0.3 is 10.4 Å². The fourth-order valence-corrected chi connectivity index (χ4v) is 7.05. The van der Waals surface area contributed by atoms with Gasteiger partial charge in [0, 0.05) is 13.3 Å². The van der Waals surface area contributed by atoms with Crippen molar-refractivity contribution in [1.82, 2.24) is 5.32 Å². The Bertz CT molecular complexity index is 641. The molecular formula is C21H31NO3. The van der Waals surface area contributed by atoms with Crippen LogP contribution in [0.15, 0.2) is 11.6 Å². The highest BCUT2D eigenvalue weighted by atomic mass is 16.3. The van der Waals surface area contributed by atoms with Gasteiger partial charge in [-0.15, -0.1) is 0 Å². The molecule has 0 bridgehead atoms. The van der Waals surface area contributed by atoms with Gasteiger partial charge in [0.2, 0.25) is 5.91 Å². The number of aliphatic hydroxyl groups is 1. The lowest BCUT2D eigenvalue weighted by Crippen LogP contribution is -2.55. The number of nitrogens with one attached hydrogen (secondary N) is 1. The molecule has 3 fully saturated rings. The van der Waals surface area contributed by atoms with E-state index < -0.39 is 6.10 Å². The maximum absolute atomic E-state index is 11.9. The lowest BCUT2D eigenvalue weighted by atomic mass is 9.47. The molecule has 3 saturated carbocycles. The molecule has 2 N–H and O–H groups in total. The van der Waals surface area contributed by atoms with Gasteiger partial charge in [-0.2, -0.15) is 0 Å². The monoisotopic (exact) mass is 345 g/mol. The molecule has 0 unspecified atom stereocenters. The third-order valence-electron chi connectivity index (χ3n) is 8.35. The predicted molar refractivity (Wildman–Crippen MR) is 95.7 cm³/mol. The van der Waals surface area contributed by atoms with Gasteiger partial charge in [-0.1, -0.05) is 19.4 Å². The van der Waals surface area contributed by atoms with Gasteiger partial charge in [-0.25, -0.2) is 0 Å². The van der Waals surface area contributed by atoms with E-state index in [1.165, 1.54) is 5.57 Å². The Hall–Kier alpha value is -1.16. The second-order valence-corrected chi connectivity index (χ2v) is 9.49.